The molecule has 2 aromatic carbocycles. The van der Waals surface area contributed by atoms with Gasteiger partial charge in [-0.3, -0.25) is 25.0 Å². The van der Waals surface area contributed by atoms with E-state index in [2.05, 4.69) is 36.6 Å². The summed E-state index contributed by atoms with van der Waals surface area (Å²) in [6.45, 7) is 0. The average molecular weight is 626 g/mol. The van der Waals surface area contributed by atoms with E-state index < -0.39 is 66.7 Å². The van der Waals surface area contributed by atoms with E-state index in [9.17, 15) is 42.6 Å². The number of nitro benzene ring substituents is 2. The van der Waals surface area contributed by atoms with Crippen LogP contribution in [0.4, 0.5) is 34.6 Å². The first-order valence-electron chi connectivity index (χ1n) is 7.81. The molecule has 0 radical (unpaired) electrons. The number of ether oxygens (including phenoxy) is 1. The second kappa shape index (κ2) is 11.6. The van der Waals surface area contributed by atoms with Gasteiger partial charge in [0.25, 0.3) is 5.91 Å². The number of nitro groups is 2. The SMILES string of the molecule is N#Cc1cc([N+](=O)[O-])c(NC(=O)c2c(Br)ccc(OC(F)(F)C(F)F)c2Br)c([N+](=O)[O-])c1.[H-].[K+]. The number of carbonyl (C=O) groups excluding carboxylic acids is 1. The van der Waals surface area contributed by atoms with E-state index in [1.54, 1.807) is 0 Å². The third-order valence-electron chi connectivity index (χ3n) is 3.64. The van der Waals surface area contributed by atoms with E-state index in [1.165, 1.54) is 6.07 Å². The van der Waals surface area contributed by atoms with Crippen molar-refractivity contribution in [2.24, 2.45) is 0 Å². The first kappa shape index (κ1) is 29.3. The molecule has 1 amide bonds. The van der Waals surface area contributed by atoms with Crippen LogP contribution < -0.4 is 61.4 Å². The number of alkyl halides is 4. The minimum Gasteiger partial charge on any atom is -1.00 e. The Morgan fingerprint density at radius 3 is 2.12 bits per heavy atom. The Morgan fingerprint density at radius 2 is 1.70 bits per heavy atom. The van der Waals surface area contributed by atoms with Crippen LogP contribution in [0.3, 0.4) is 0 Å². The van der Waals surface area contributed by atoms with Crippen molar-refractivity contribution in [1.29, 1.82) is 5.26 Å². The standard InChI is InChI=1S/C16H6Br2F4N4O6.K.H/c17-7-1-2-10(32-16(21,22)15(19)20)12(18)11(7)14(27)24-13-8(25(28)29)3-6(5-23)4-9(13)26(30)31;;/h1-4,15H,(H,24,27);;/q;+1;-1. The van der Waals surface area contributed by atoms with E-state index >= 15 is 0 Å². The summed E-state index contributed by atoms with van der Waals surface area (Å²) < 4.78 is 54.7. The van der Waals surface area contributed by atoms with Gasteiger partial charge in [0, 0.05) is 16.6 Å². The Bertz CT molecular complexity index is 1150. The fourth-order valence-electron chi connectivity index (χ4n) is 2.28. The van der Waals surface area contributed by atoms with Gasteiger partial charge in [0.05, 0.1) is 31.5 Å². The maximum Gasteiger partial charge on any atom is 1.00 e. The molecule has 0 saturated heterocycles. The largest absolute Gasteiger partial charge is 1.00 e. The van der Waals surface area contributed by atoms with Crippen molar-refractivity contribution >= 4 is 54.8 Å². The molecule has 0 atom stereocenters. The molecule has 2 rings (SSSR count). The molecule has 0 saturated carbocycles. The van der Waals surface area contributed by atoms with Crippen molar-refractivity contribution in [2.75, 3.05) is 5.32 Å². The second-order valence-corrected chi connectivity index (χ2v) is 7.32. The van der Waals surface area contributed by atoms with Crippen LogP contribution in [0.15, 0.2) is 33.2 Å². The number of hydrogen-bond acceptors (Lipinski definition) is 7. The second-order valence-electron chi connectivity index (χ2n) is 5.67. The molecule has 0 aliphatic rings. The maximum atomic E-state index is 13.3. The molecule has 0 aliphatic carbocycles. The third-order valence-corrected chi connectivity index (χ3v) is 5.09. The number of nitrogens with zero attached hydrogens (tertiary/aromatic N) is 3. The van der Waals surface area contributed by atoms with Gasteiger partial charge < -0.3 is 11.5 Å². The van der Waals surface area contributed by atoms with Crippen molar-refractivity contribution < 1.29 is 89.8 Å². The van der Waals surface area contributed by atoms with Crippen molar-refractivity contribution in [2.45, 2.75) is 12.5 Å². The van der Waals surface area contributed by atoms with Crippen LogP contribution in [0.2, 0.25) is 0 Å². The summed E-state index contributed by atoms with van der Waals surface area (Å²) in [6.07, 6.45) is -9.10. The summed E-state index contributed by atoms with van der Waals surface area (Å²) in [7, 11) is 0. The molecule has 33 heavy (non-hydrogen) atoms. The summed E-state index contributed by atoms with van der Waals surface area (Å²) in [5.41, 5.74) is -3.87. The monoisotopic (exact) mass is 624 g/mol. The Kier molecular flexibility index (Phi) is 10.4. The number of amides is 1. The van der Waals surface area contributed by atoms with Crippen LogP contribution in [0.5, 0.6) is 5.75 Å². The molecule has 2 aromatic rings. The summed E-state index contributed by atoms with van der Waals surface area (Å²) in [4.78, 5) is 33.2. The fraction of sp³-hybridized carbons (Fsp3) is 0.125. The fourth-order valence-corrected chi connectivity index (χ4v) is 3.66. The van der Waals surface area contributed by atoms with Gasteiger partial charge in [0.15, 0.2) is 5.69 Å². The van der Waals surface area contributed by atoms with Gasteiger partial charge in [0.1, 0.15) is 5.75 Å². The number of nitrogens with one attached hydrogen (secondary N) is 1. The normalized spacial score (nSPS) is 10.7. The number of anilines is 1. The van der Waals surface area contributed by atoms with Crippen LogP contribution in [0.1, 0.15) is 17.3 Å². The molecule has 170 valence electrons. The van der Waals surface area contributed by atoms with Gasteiger partial charge >= 0.3 is 75.3 Å². The van der Waals surface area contributed by atoms with E-state index in [0.29, 0.717) is 12.1 Å². The van der Waals surface area contributed by atoms with Crippen molar-refractivity contribution in [3.63, 3.8) is 0 Å². The van der Waals surface area contributed by atoms with Crippen LogP contribution in [0.25, 0.3) is 0 Å². The predicted octanol–water partition coefficient (Wildman–Crippen LogP) is 2.51. The zero-order valence-electron chi connectivity index (χ0n) is 16.9. The number of rotatable bonds is 7. The van der Waals surface area contributed by atoms with Crippen molar-refractivity contribution in [1.82, 2.24) is 0 Å². The van der Waals surface area contributed by atoms with Crippen LogP contribution in [-0.2, 0) is 0 Å². The van der Waals surface area contributed by atoms with Gasteiger partial charge in [-0.1, -0.05) is 0 Å². The van der Waals surface area contributed by atoms with E-state index in [0.717, 1.165) is 12.1 Å². The first-order valence-corrected chi connectivity index (χ1v) is 9.40. The quantitative estimate of drug-likeness (QED) is 0.215. The summed E-state index contributed by atoms with van der Waals surface area (Å²) in [5.74, 6) is -2.17. The van der Waals surface area contributed by atoms with E-state index in [1.807, 2.05) is 5.32 Å². The third kappa shape index (κ3) is 6.68. The molecular formula is C16H7Br2F4KN4O6. The van der Waals surface area contributed by atoms with Crippen LogP contribution in [0, 0.1) is 31.6 Å². The smallest absolute Gasteiger partial charge is 1.00 e. The zero-order chi connectivity index (χ0) is 24.4. The van der Waals surface area contributed by atoms with Crippen LogP contribution in [-0.4, -0.2) is 28.3 Å². The first-order chi connectivity index (χ1) is 14.8. The molecule has 0 spiro atoms. The van der Waals surface area contributed by atoms with Gasteiger partial charge in [-0.25, -0.2) is 0 Å². The number of carbonyl (C=O) groups is 1. The Balaban J connectivity index is 0.00000544. The van der Waals surface area contributed by atoms with E-state index in [4.69, 9.17) is 5.26 Å². The number of hydrogen-bond donors (Lipinski definition) is 1. The molecule has 1 N–H and O–H groups in total. The van der Waals surface area contributed by atoms with Gasteiger partial charge in [-0.15, -0.1) is 0 Å². The maximum absolute atomic E-state index is 13.3. The van der Waals surface area contributed by atoms with Gasteiger partial charge in [0.2, 0.25) is 0 Å². The van der Waals surface area contributed by atoms with Crippen LogP contribution >= 0.6 is 31.9 Å². The van der Waals surface area contributed by atoms with E-state index in [-0.39, 0.29) is 57.3 Å². The summed E-state index contributed by atoms with van der Waals surface area (Å²) in [5, 5.41) is 33.5. The Morgan fingerprint density at radius 1 is 1.18 bits per heavy atom. The summed E-state index contributed by atoms with van der Waals surface area (Å²) in [6, 6.07) is 4.66. The molecule has 0 unspecified atom stereocenters. The van der Waals surface area contributed by atoms with Gasteiger partial charge in [-0.05, 0) is 44.0 Å². The zero-order valence-corrected chi connectivity index (χ0v) is 22.2. The molecule has 10 nitrogen and oxygen atoms in total. The number of nitriles is 1. The minimum absolute atomic E-state index is 0. The Hall–Kier alpha value is -1.68. The molecule has 0 aromatic heterocycles. The molecule has 0 bridgehead atoms. The molecule has 0 heterocycles. The number of halogens is 6. The van der Waals surface area contributed by atoms with Crippen molar-refractivity contribution in [3.05, 3.63) is 64.6 Å². The van der Waals surface area contributed by atoms with Crippen molar-refractivity contribution in [3.8, 4) is 11.8 Å². The average Bonchev–Trinajstić information content (AvgIpc) is 2.69. The number of benzene rings is 2. The van der Waals surface area contributed by atoms with Gasteiger partial charge in [-0.2, -0.15) is 22.8 Å². The summed E-state index contributed by atoms with van der Waals surface area (Å²) >= 11 is 5.69. The molecule has 0 aliphatic heterocycles. The topological polar surface area (TPSA) is 148 Å². The predicted molar refractivity (Wildman–Crippen MR) is 107 cm³/mol. The molecular weight excluding hydrogens is 619 g/mol. The molecule has 17 heteroatoms. The molecule has 0 fully saturated rings. The Labute approximate surface area is 241 Å². The minimum atomic E-state index is -4.91.